The Morgan fingerprint density at radius 1 is 1.44 bits per heavy atom. The molecule has 0 saturated heterocycles. The Labute approximate surface area is 93.5 Å². The molecule has 0 saturated carbocycles. The van der Waals surface area contributed by atoms with E-state index in [4.69, 9.17) is 5.11 Å². The van der Waals surface area contributed by atoms with Gasteiger partial charge in [-0.1, -0.05) is 6.07 Å². The molecule has 2 rings (SSSR count). The fourth-order valence-corrected chi connectivity index (χ4v) is 1.93. The van der Waals surface area contributed by atoms with Crippen molar-refractivity contribution in [1.29, 1.82) is 0 Å². The van der Waals surface area contributed by atoms with Crippen LogP contribution in [0, 0.1) is 13.8 Å². The zero-order valence-corrected chi connectivity index (χ0v) is 9.40. The van der Waals surface area contributed by atoms with Crippen LogP contribution in [0.2, 0.25) is 0 Å². The van der Waals surface area contributed by atoms with E-state index in [1.807, 2.05) is 36.4 Å². The highest BCUT2D eigenvalue weighted by atomic mass is 16.4. The summed E-state index contributed by atoms with van der Waals surface area (Å²) in [6.07, 6.45) is 0.585. The van der Waals surface area contributed by atoms with Gasteiger partial charge >= 0.3 is 5.97 Å². The van der Waals surface area contributed by atoms with Gasteiger partial charge in [-0.2, -0.15) is 0 Å². The van der Waals surface area contributed by atoms with Crippen LogP contribution in [0.5, 0.6) is 0 Å². The Morgan fingerprint density at radius 2 is 2.19 bits per heavy atom. The lowest BCUT2D eigenvalue weighted by Gasteiger charge is -2.03. The second-order valence-corrected chi connectivity index (χ2v) is 3.89. The van der Waals surface area contributed by atoms with Gasteiger partial charge in [-0.25, -0.2) is 4.98 Å². The van der Waals surface area contributed by atoms with Crippen molar-refractivity contribution in [3.8, 4) is 0 Å². The van der Waals surface area contributed by atoms with Crippen molar-refractivity contribution in [3.63, 3.8) is 0 Å². The van der Waals surface area contributed by atoms with E-state index in [9.17, 15) is 4.79 Å². The molecule has 0 unspecified atom stereocenters. The van der Waals surface area contributed by atoms with Crippen molar-refractivity contribution in [2.24, 2.45) is 0 Å². The van der Waals surface area contributed by atoms with E-state index in [2.05, 4.69) is 4.98 Å². The van der Waals surface area contributed by atoms with Gasteiger partial charge in [0.2, 0.25) is 0 Å². The molecule has 16 heavy (non-hydrogen) atoms. The summed E-state index contributed by atoms with van der Waals surface area (Å²) in [5.74, 6) is 0.0380. The zero-order valence-electron chi connectivity index (χ0n) is 9.40. The van der Waals surface area contributed by atoms with Gasteiger partial charge in [0, 0.05) is 12.1 Å². The van der Waals surface area contributed by atoms with E-state index in [0.717, 1.165) is 22.7 Å². The first-order valence-electron chi connectivity index (χ1n) is 5.25. The van der Waals surface area contributed by atoms with Crippen LogP contribution < -0.4 is 0 Å². The van der Waals surface area contributed by atoms with Crippen LogP contribution >= 0.6 is 0 Å². The molecular formula is C12H14N2O2. The molecule has 2 aromatic rings. The number of hydrogen-bond acceptors (Lipinski definition) is 2. The second-order valence-electron chi connectivity index (χ2n) is 3.89. The summed E-state index contributed by atoms with van der Waals surface area (Å²) in [6, 6.07) is 5.98. The van der Waals surface area contributed by atoms with Gasteiger partial charge in [0.25, 0.3) is 0 Å². The van der Waals surface area contributed by atoms with Gasteiger partial charge < -0.3 is 9.51 Å². The molecule has 0 aliphatic heterocycles. The Kier molecular flexibility index (Phi) is 2.64. The quantitative estimate of drug-likeness (QED) is 0.856. The monoisotopic (exact) mass is 218 g/mol. The first-order chi connectivity index (χ1) is 7.59. The van der Waals surface area contributed by atoms with E-state index in [0.29, 0.717) is 6.42 Å². The smallest absolute Gasteiger partial charge is 0.303 e. The lowest BCUT2D eigenvalue weighted by molar-refractivity contribution is -0.137. The van der Waals surface area contributed by atoms with E-state index in [1.54, 1.807) is 0 Å². The van der Waals surface area contributed by atoms with Gasteiger partial charge in [0.05, 0.1) is 17.6 Å². The number of aromatic nitrogens is 2. The van der Waals surface area contributed by atoms with Crippen LogP contribution in [-0.2, 0) is 11.2 Å². The molecule has 0 aromatic carbocycles. The molecule has 2 heterocycles. The maximum Gasteiger partial charge on any atom is 0.303 e. The lowest BCUT2D eigenvalue weighted by Crippen LogP contribution is -2.03. The average Bonchev–Trinajstić information content (AvgIpc) is 2.55. The van der Waals surface area contributed by atoms with Gasteiger partial charge in [0.15, 0.2) is 0 Å². The first kappa shape index (κ1) is 10.7. The summed E-state index contributed by atoms with van der Waals surface area (Å²) in [6.45, 7) is 3.94. The Bertz CT molecular complexity index is 543. The van der Waals surface area contributed by atoms with Crippen molar-refractivity contribution in [1.82, 2.24) is 9.38 Å². The SMILES string of the molecule is Cc1nc(CCC(=O)O)n2c(C)cccc12. The van der Waals surface area contributed by atoms with Crippen LogP contribution in [0.3, 0.4) is 0 Å². The number of carboxylic acids is 1. The highest BCUT2D eigenvalue weighted by molar-refractivity contribution is 5.67. The number of pyridine rings is 1. The Morgan fingerprint density at radius 3 is 2.88 bits per heavy atom. The molecule has 0 bridgehead atoms. The highest BCUT2D eigenvalue weighted by Gasteiger charge is 2.10. The molecule has 84 valence electrons. The fourth-order valence-electron chi connectivity index (χ4n) is 1.93. The molecule has 0 spiro atoms. The minimum Gasteiger partial charge on any atom is -0.481 e. The number of aliphatic carboxylic acids is 1. The highest BCUT2D eigenvalue weighted by Crippen LogP contribution is 2.15. The summed E-state index contributed by atoms with van der Waals surface area (Å²) >= 11 is 0. The lowest BCUT2D eigenvalue weighted by atomic mass is 10.3. The van der Waals surface area contributed by atoms with E-state index in [1.165, 1.54) is 0 Å². The van der Waals surface area contributed by atoms with Crippen LogP contribution in [0.4, 0.5) is 0 Å². The fraction of sp³-hybridized carbons (Fsp3) is 0.333. The standard InChI is InChI=1S/C12H14N2O2/c1-8-4-3-5-10-9(2)13-11(14(8)10)6-7-12(15)16/h3-5H,6-7H2,1-2H3,(H,15,16). The van der Waals surface area contributed by atoms with E-state index in [-0.39, 0.29) is 6.42 Å². The molecule has 0 aliphatic rings. The third-order valence-corrected chi connectivity index (χ3v) is 2.67. The van der Waals surface area contributed by atoms with Gasteiger partial charge in [0.1, 0.15) is 5.82 Å². The third-order valence-electron chi connectivity index (χ3n) is 2.67. The molecule has 0 amide bonds. The first-order valence-corrected chi connectivity index (χ1v) is 5.25. The number of fused-ring (bicyclic) bond motifs is 1. The van der Waals surface area contributed by atoms with Crippen molar-refractivity contribution in [3.05, 3.63) is 35.4 Å². The molecular weight excluding hydrogens is 204 g/mol. The number of rotatable bonds is 3. The van der Waals surface area contributed by atoms with Crippen molar-refractivity contribution >= 4 is 11.5 Å². The molecule has 4 nitrogen and oxygen atoms in total. The van der Waals surface area contributed by atoms with Crippen LogP contribution in [0.25, 0.3) is 5.52 Å². The summed E-state index contributed by atoms with van der Waals surface area (Å²) in [5, 5.41) is 8.69. The topological polar surface area (TPSA) is 54.6 Å². The summed E-state index contributed by atoms with van der Waals surface area (Å²) in [7, 11) is 0. The van der Waals surface area contributed by atoms with Crippen molar-refractivity contribution in [2.75, 3.05) is 0 Å². The number of imidazole rings is 1. The molecule has 2 aromatic heterocycles. The van der Waals surface area contributed by atoms with Crippen LogP contribution in [0.1, 0.15) is 23.6 Å². The largest absolute Gasteiger partial charge is 0.481 e. The normalized spacial score (nSPS) is 10.9. The molecule has 0 fully saturated rings. The average molecular weight is 218 g/mol. The van der Waals surface area contributed by atoms with Crippen LogP contribution in [0.15, 0.2) is 18.2 Å². The molecule has 1 N–H and O–H groups in total. The molecule has 0 atom stereocenters. The van der Waals surface area contributed by atoms with E-state index >= 15 is 0 Å². The van der Waals surface area contributed by atoms with E-state index < -0.39 is 5.97 Å². The third kappa shape index (κ3) is 1.78. The van der Waals surface area contributed by atoms with Gasteiger partial charge in [-0.15, -0.1) is 0 Å². The predicted octanol–water partition coefficient (Wildman–Crippen LogP) is 1.97. The minimum atomic E-state index is -0.789. The number of aryl methyl sites for hydroxylation is 3. The molecule has 0 aliphatic carbocycles. The molecule has 4 heteroatoms. The predicted molar refractivity (Wildman–Crippen MR) is 60.6 cm³/mol. The summed E-state index contributed by atoms with van der Waals surface area (Å²) in [4.78, 5) is 15.0. The minimum absolute atomic E-state index is 0.118. The zero-order chi connectivity index (χ0) is 11.7. The molecule has 0 radical (unpaired) electrons. The van der Waals surface area contributed by atoms with Crippen molar-refractivity contribution < 1.29 is 9.90 Å². The second kappa shape index (κ2) is 3.96. The maximum absolute atomic E-state index is 10.6. The number of carboxylic acid groups (broad SMARTS) is 1. The number of nitrogens with zero attached hydrogens (tertiary/aromatic N) is 2. The maximum atomic E-state index is 10.6. The van der Waals surface area contributed by atoms with Crippen molar-refractivity contribution in [2.45, 2.75) is 26.7 Å². The van der Waals surface area contributed by atoms with Gasteiger partial charge in [-0.3, -0.25) is 4.79 Å². The van der Waals surface area contributed by atoms with Gasteiger partial charge in [-0.05, 0) is 26.0 Å². The summed E-state index contributed by atoms with van der Waals surface area (Å²) < 4.78 is 2.03. The van der Waals surface area contributed by atoms with Crippen LogP contribution in [-0.4, -0.2) is 20.5 Å². The number of carbonyl (C=O) groups is 1. The number of hydrogen-bond donors (Lipinski definition) is 1. The summed E-state index contributed by atoms with van der Waals surface area (Å²) in [5.41, 5.74) is 3.09. The Balaban J connectivity index is 2.49. The Hall–Kier alpha value is -1.84.